The number of nitrogens with one attached hydrogen (secondary N) is 2. The minimum absolute atomic E-state index is 0.365. The smallest absolute Gasteiger partial charge is 0.239 e. The van der Waals surface area contributed by atoms with E-state index in [0.717, 1.165) is 16.7 Å². The van der Waals surface area contributed by atoms with Crippen LogP contribution in [-0.2, 0) is 9.59 Å². The minimum atomic E-state index is -1.26. The molecule has 0 aliphatic rings. The quantitative estimate of drug-likeness (QED) is 0.790. The van der Waals surface area contributed by atoms with E-state index < -0.39 is 11.3 Å². The highest BCUT2D eigenvalue weighted by Crippen LogP contribution is 2.28. The van der Waals surface area contributed by atoms with Crippen molar-refractivity contribution in [3.05, 3.63) is 53.1 Å². The summed E-state index contributed by atoms with van der Waals surface area (Å²) in [6.45, 7) is 9.00. The molecule has 0 aliphatic carbocycles. The van der Waals surface area contributed by atoms with Gasteiger partial charge in [-0.3, -0.25) is 9.59 Å². The SMILES string of the molecule is COc1ccc(C)cc1NC(=O)C(C)(C)C(=O)Nc1cc(C)ccc1C. The molecule has 26 heavy (non-hydrogen) atoms. The summed E-state index contributed by atoms with van der Waals surface area (Å²) in [6, 6.07) is 11.3. The van der Waals surface area contributed by atoms with Crippen LogP contribution in [0.15, 0.2) is 36.4 Å². The van der Waals surface area contributed by atoms with Gasteiger partial charge in [-0.2, -0.15) is 0 Å². The summed E-state index contributed by atoms with van der Waals surface area (Å²) in [5.74, 6) is -0.214. The molecule has 0 saturated carbocycles. The predicted octanol–water partition coefficient (Wildman–Crippen LogP) is 4.22. The highest BCUT2D eigenvalue weighted by Gasteiger charge is 2.36. The normalized spacial score (nSPS) is 11.0. The second-order valence-corrected chi connectivity index (χ2v) is 7.06. The number of amides is 2. The monoisotopic (exact) mass is 354 g/mol. The fraction of sp³-hybridized carbons (Fsp3) is 0.333. The zero-order chi connectivity index (χ0) is 19.5. The molecule has 5 nitrogen and oxygen atoms in total. The third-order valence-electron chi connectivity index (χ3n) is 4.38. The summed E-state index contributed by atoms with van der Waals surface area (Å²) in [5, 5.41) is 5.68. The van der Waals surface area contributed by atoms with E-state index >= 15 is 0 Å². The van der Waals surface area contributed by atoms with Crippen LogP contribution in [0.4, 0.5) is 11.4 Å². The van der Waals surface area contributed by atoms with Crippen LogP contribution in [0.25, 0.3) is 0 Å². The maximum atomic E-state index is 12.8. The molecule has 2 aromatic carbocycles. The van der Waals surface area contributed by atoms with Gasteiger partial charge in [0.25, 0.3) is 0 Å². The molecule has 0 aromatic heterocycles. The fourth-order valence-corrected chi connectivity index (χ4v) is 2.45. The first-order valence-electron chi connectivity index (χ1n) is 8.50. The lowest BCUT2D eigenvalue weighted by Crippen LogP contribution is -2.41. The predicted molar refractivity (Wildman–Crippen MR) is 105 cm³/mol. The van der Waals surface area contributed by atoms with E-state index in [4.69, 9.17) is 4.74 Å². The molecule has 0 atom stereocenters. The lowest BCUT2D eigenvalue weighted by Gasteiger charge is -2.24. The molecular formula is C21H26N2O3. The second kappa shape index (κ2) is 7.60. The number of hydrogen-bond acceptors (Lipinski definition) is 3. The molecule has 2 aromatic rings. The first-order chi connectivity index (χ1) is 12.1. The Kier molecular flexibility index (Phi) is 5.70. The number of benzene rings is 2. The molecule has 0 heterocycles. The van der Waals surface area contributed by atoms with Crippen LogP contribution in [0.1, 0.15) is 30.5 Å². The van der Waals surface area contributed by atoms with Gasteiger partial charge in [0.2, 0.25) is 11.8 Å². The number of rotatable bonds is 5. The summed E-state index contributed by atoms with van der Waals surface area (Å²) in [5.41, 5.74) is 2.97. The molecule has 2 rings (SSSR count). The molecule has 5 heteroatoms. The summed E-state index contributed by atoms with van der Waals surface area (Å²) in [7, 11) is 1.54. The topological polar surface area (TPSA) is 67.4 Å². The van der Waals surface area contributed by atoms with Crippen molar-refractivity contribution in [2.75, 3.05) is 17.7 Å². The van der Waals surface area contributed by atoms with Crippen molar-refractivity contribution in [3.63, 3.8) is 0 Å². The average molecular weight is 354 g/mol. The van der Waals surface area contributed by atoms with Crippen LogP contribution in [0, 0.1) is 26.2 Å². The van der Waals surface area contributed by atoms with Crippen LogP contribution < -0.4 is 15.4 Å². The Morgan fingerprint density at radius 3 is 1.92 bits per heavy atom. The maximum absolute atomic E-state index is 12.8. The van der Waals surface area contributed by atoms with Gasteiger partial charge in [-0.15, -0.1) is 0 Å². The number of carbonyl (C=O) groups is 2. The van der Waals surface area contributed by atoms with Crippen molar-refractivity contribution in [3.8, 4) is 5.75 Å². The van der Waals surface area contributed by atoms with Gasteiger partial charge in [0.1, 0.15) is 11.2 Å². The van der Waals surface area contributed by atoms with Gasteiger partial charge in [-0.25, -0.2) is 0 Å². The van der Waals surface area contributed by atoms with Crippen molar-refractivity contribution in [2.45, 2.75) is 34.6 Å². The third-order valence-corrected chi connectivity index (χ3v) is 4.38. The van der Waals surface area contributed by atoms with Crippen molar-refractivity contribution in [2.24, 2.45) is 5.41 Å². The van der Waals surface area contributed by atoms with Crippen LogP contribution in [0.5, 0.6) is 5.75 Å². The van der Waals surface area contributed by atoms with E-state index in [9.17, 15) is 9.59 Å². The second-order valence-electron chi connectivity index (χ2n) is 7.06. The number of carbonyl (C=O) groups excluding carboxylic acids is 2. The van der Waals surface area contributed by atoms with E-state index in [1.807, 2.05) is 51.1 Å². The lowest BCUT2D eigenvalue weighted by atomic mass is 9.90. The highest BCUT2D eigenvalue weighted by molar-refractivity contribution is 6.14. The number of aryl methyl sites for hydroxylation is 3. The molecule has 138 valence electrons. The molecule has 0 bridgehead atoms. The van der Waals surface area contributed by atoms with Crippen LogP contribution >= 0.6 is 0 Å². The standard InChI is InChI=1S/C21H26N2O3/c1-13-7-9-15(3)16(11-13)22-19(24)21(4,5)20(25)23-17-12-14(2)8-10-18(17)26-6/h7-12H,1-6H3,(H,22,24)(H,23,25). The van der Waals surface area contributed by atoms with Crippen molar-refractivity contribution in [1.29, 1.82) is 0 Å². The van der Waals surface area contributed by atoms with E-state index in [0.29, 0.717) is 17.1 Å². The van der Waals surface area contributed by atoms with E-state index in [-0.39, 0.29) is 5.91 Å². The molecule has 0 saturated heterocycles. The van der Waals surface area contributed by atoms with E-state index in [2.05, 4.69) is 10.6 Å². The van der Waals surface area contributed by atoms with Crippen molar-refractivity contribution < 1.29 is 14.3 Å². The van der Waals surface area contributed by atoms with E-state index in [1.54, 1.807) is 27.0 Å². The van der Waals surface area contributed by atoms with Gasteiger partial charge >= 0.3 is 0 Å². The Morgan fingerprint density at radius 2 is 1.35 bits per heavy atom. The number of hydrogen-bond donors (Lipinski definition) is 2. The van der Waals surface area contributed by atoms with Crippen LogP contribution in [0.2, 0.25) is 0 Å². The van der Waals surface area contributed by atoms with Crippen molar-refractivity contribution in [1.82, 2.24) is 0 Å². The van der Waals surface area contributed by atoms with Crippen molar-refractivity contribution >= 4 is 23.2 Å². The Hall–Kier alpha value is -2.82. The Morgan fingerprint density at radius 1 is 0.846 bits per heavy atom. The largest absolute Gasteiger partial charge is 0.495 e. The van der Waals surface area contributed by atoms with Gasteiger partial charge < -0.3 is 15.4 Å². The lowest BCUT2D eigenvalue weighted by molar-refractivity contribution is -0.135. The van der Waals surface area contributed by atoms with Gasteiger partial charge in [0, 0.05) is 5.69 Å². The molecule has 0 radical (unpaired) electrons. The van der Waals surface area contributed by atoms with Gasteiger partial charge in [0.05, 0.1) is 12.8 Å². The number of methoxy groups -OCH3 is 1. The fourth-order valence-electron chi connectivity index (χ4n) is 2.45. The average Bonchev–Trinajstić information content (AvgIpc) is 2.58. The van der Waals surface area contributed by atoms with Gasteiger partial charge in [-0.1, -0.05) is 18.2 Å². The first kappa shape index (κ1) is 19.5. The Bertz CT molecular complexity index is 841. The molecule has 0 spiro atoms. The third kappa shape index (κ3) is 4.23. The highest BCUT2D eigenvalue weighted by atomic mass is 16.5. The minimum Gasteiger partial charge on any atom is -0.495 e. The Balaban J connectivity index is 2.20. The van der Waals surface area contributed by atoms with Crippen LogP contribution in [0.3, 0.4) is 0 Å². The Labute approximate surface area is 154 Å². The molecule has 0 unspecified atom stereocenters. The molecule has 2 amide bonds. The molecule has 0 fully saturated rings. The number of ether oxygens (including phenoxy) is 1. The van der Waals surface area contributed by atoms with E-state index in [1.165, 1.54) is 0 Å². The zero-order valence-electron chi connectivity index (χ0n) is 16.2. The maximum Gasteiger partial charge on any atom is 0.239 e. The molecule has 0 aliphatic heterocycles. The number of anilines is 2. The summed E-state index contributed by atoms with van der Waals surface area (Å²) < 4.78 is 5.28. The van der Waals surface area contributed by atoms with Gasteiger partial charge in [0.15, 0.2) is 0 Å². The summed E-state index contributed by atoms with van der Waals surface area (Å²) >= 11 is 0. The summed E-state index contributed by atoms with van der Waals surface area (Å²) in [6.07, 6.45) is 0. The van der Waals surface area contributed by atoms with Gasteiger partial charge in [-0.05, 0) is 69.5 Å². The molecular weight excluding hydrogens is 328 g/mol. The summed E-state index contributed by atoms with van der Waals surface area (Å²) in [4.78, 5) is 25.5. The van der Waals surface area contributed by atoms with Crippen LogP contribution in [-0.4, -0.2) is 18.9 Å². The molecule has 2 N–H and O–H groups in total. The first-order valence-corrected chi connectivity index (χ1v) is 8.50. The zero-order valence-corrected chi connectivity index (χ0v) is 16.2.